The van der Waals surface area contributed by atoms with E-state index in [0.29, 0.717) is 11.3 Å². The lowest BCUT2D eigenvalue weighted by atomic mass is 10.1. The van der Waals surface area contributed by atoms with Gasteiger partial charge >= 0.3 is 5.97 Å². The number of amides is 1. The normalized spacial score (nSPS) is 14.9. The number of fused-ring (bicyclic) bond motifs is 3. The van der Waals surface area contributed by atoms with Crippen LogP contribution in [0.5, 0.6) is 0 Å². The molecule has 1 aliphatic heterocycles. The summed E-state index contributed by atoms with van der Waals surface area (Å²) in [7, 11) is 0. The summed E-state index contributed by atoms with van der Waals surface area (Å²) in [5.41, 5.74) is 1.39. The monoisotopic (exact) mass is 313 g/mol. The fourth-order valence-corrected chi connectivity index (χ4v) is 2.33. The van der Waals surface area contributed by atoms with Crippen LogP contribution in [0.4, 0.5) is 5.69 Å². The number of ether oxygens (including phenoxy) is 1. The zero-order valence-corrected chi connectivity index (χ0v) is 12.7. The first-order valence-corrected chi connectivity index (χ1v) is 7.14. The second-order valence-electron chi connectivity index (χ2n) is 5.29. The number of carbonyl (C=O) groups excluding carboxylic acids is 2. The Labute approximate surface area is 132 Å². The molecular formula is C16H15N3O4. The quantitative estimate of drug-likeness (QED) is 0.687. The minimum atomic E-state index is -0.536. The summed E-state index contributed by atoms with van der Waals surface area (Å²) in [4.78, 5) is 32.5. The number of aromatic nitrogens is 1. The molecule has 0 atom stereocenters. The van der Waals surface area contributed by atoms with Crippen molar-refractivity contribution in [3.8, 4) is 0 Å². The van der Waals surface area contributed by atoms with Crippen molar-refractivity contribution >= 4 is 34.0 Å². The summed E-state index contributed by atoms with van der Waals surface area (Å²) >= 11 is 0. The molecular weight excluding hydrogens is 298 g/mol. The molecule has 0 aliphatic carbocycles. The van der Waals surface area contributed by atoms with Gasteiger partial charge in [-0.25, -0.2) is 4.79 Å². The van der Waals surface area contributed by atoms with Crippen LogP contribution in [-0.2, 0) is 19.2 Å². The fourth-order valence-electron chi connectivity index (χ4n) is 2.33. The summed E-state index contributed by atoms with van der Waals surface area (Å²) < 4.78 is 4.93. The molecule has 1 amide bonds. The van der Waals surface area contributed by atoms with Crippen molar-refractivity contribution in [3.05, 3.63) is 36.2 Å². The third-order valence-corrected chi connectivity index (χ3v) is 3.24. The number of carbonyl (C=O) groups is 2. The van der Waals surface area contributed by atoms with E-state index in [1.807, 2.05) is 12.1 Å². The lowest BCUT2D eigenvalue weighted by molar-refractivity contribution is -0.152. The number of benzene rings is 1. The highest BCUT2D eigenvalue weighted by Gasteiger charge is 2.28. The number of oxime groups is 1. The predicted molar refractivity (Wildman–Crippen MR) is 84.1 cm³/mol. The summed E-state index contributed by atoms with van der Waals surface area (Å²) in [6.07, 6.45) is 3.13. The third kappa shape index (κ3) is 2.98. The van der Waals surface area contributed by atoms with E-state index in [-0.39, 0.29) is 24.3 Å². The van der Waals surface area contributed by atoms with E-state index in [9.17, 15) is 9.59 Å². The molecule has 1 aromatic carbocycles. The van der Waals surface area contributed by atoms with Crippen LogP contribution >= 0.6 is 0 Å². The number of pyridine rings is 1. The molecule has 1 aromatic heterocycles. The third-order valence-electron chi connectivity index (χ3n) is 3.24. The van der Waals surface area contributed by atoms with Gasteiger partial charge in [0.1, 0.15) is 0 Å². The van der Waals surface area contributed by atoms with Crippen LogP contribution in [0.2, 0.25) is 0 Å². The molecule has 1 aliphatic rings. The van der Waals surface area contributed by atoms with Gasteiger partial charge in [-0.05, 0) is 31.4 Å². The Kier molecular flexibility index (Phi) is 3.92. The van der Waals surface area contributed by atoms with E-state index in [2.05, 4.69) is 15.5 Å². The maximum Gasteiger partial charge on any atom is 0.347 e. The van der Waals surface area contributed by atoms with Crippen LogP contribution in [0, 0.1) is 0 Å². The summed E-state index contributed by atoms with van der Waals surface area (Å²) in [5, 5.41) is 8.32. The van der Waals surface area contributed by atoms with Gasteiger partial charge in [0.2, 0.25) is 6.61 Å². The van der Waals surface area contributed by atoms with Gasteiger partial charge in [0.15, 0.2) is 5.71 Å². The second-order valence-corrected chi connectivity index (χ2v) is 5.29. The summed E-state index contributed by atoms with van der Waals surface area (Å²) in [5.74, 6) is -0.917. The SMILES string of the molecule is CC(C)OC(=O)CON=C1C(=O)Nc2c1ccc1ccncc21. The lowest BCUT2D eigenvalue weighted by Gasteiger charge is -2.06. The van der Waals surface area contributed by atoms with Crippen molar-refractivity contribution in [2.45, 2.75) is 20.0 Å². The van der Waals surface area contributed by atoms with Gasteiger partial charge < -0.3 is 14.9 Å². The van der Waals surface area contributed by atoms with Crippen LogP contribution in [0.25, 0.3) is 10.8 Å². The molecule has 1 N–H and O–H groups in total. The number of rotatable bonds is 4. The Morgan fingerprint density at radius 1 is 1.35 bits per heavy atom. The number of nitrogens with one attached hydrogen (secondary N) is 1. The van der Waals surface area contributed by atoms with E-state index in [0.717, 1.165) is 10.8 Å². The van der Waals surface area contributed by atoms with E-state index in [1.165, 1.54) is 0 Å². The fraction of sp³-hybridized carbons (Fsp3) is 0.250. The first kappa shape index (κ1) is 15.0. The molecule has 0 fully saturated rings. The summed E-state index contributed by atoms with van der Waals surface area (Å²) in [6.45, 7) is 3.13. The molecule has 3 rings (SSSR count). The topological polar surface area (TPSA) is 89.9 Å². The molecule has 2 heterocycles. The molecule has 0 radical (unpaired) electrons. The molecule has 7 nitrogen and oxygen atoms in total. The van der Waals surface area contributed by atoms with Crippen LogP contribution in [0.1, 0.15) is 19.4 Å². The average Bonchev–Trinajstić information content (AvgIpc) is 2.83. The van der Waals surface area contributed by atoms with Gasteiger partial charge in [-0.2, -0.15) is 0 Å². The number of esters is 1. The van der Waals surface area contributed by atoms with Gasteiger partial charge in [-0.1, -0.05) is 11.2 Å². The second kappa shape index (κ2) is 6.04. The molecule has 0 bridgehead atoms. The van der Waals surface area contributed by atoms with Gasteiger partial charge in [-0.15, -0.1) is 0 Å². The molecule has 0 saturated carbocycles. The minimum absolute atomic E-state index is 0.128. The highest BCUT2D eigenvalue weighted by atomic mass is 16.7. The Morgan fingerprint density at radius 2 is 2.17 bits per heavy atom. The number of hydrogen-bond donors (Lipinski definition) is 1. The van der Waals surface area contributed by atoms with Crippen molar-refractivity contribution < 1.29 is 19.2 Å². The Bertz CT molecular complexity index is 814. The van der Waals surface area contributed by atoms with Crippen LogP contribution in [0.15, 0.2) is 35.7 Å². The first-order chi connectivity index (χ1) is 11.1. The molecule has 0 saturated heterocycles. The molecule has 0 spiro atoms. The predicted octanol–water partition coefficient (Wildman–Crippen LogP) is 1.86. The van der Waals surface area contributed by atoms with E-state index < -0.39 is 5.97 Å². The van der Waals surface area contributed by atoms with Gasteiger partial charge in [0.05, 0.1) is 11.8 Å². The minimum Gasteiger partial charge on any atom is -0.460 e. The standard InChI is InChI=1S/C16H15N3O4/c1-9(2)23-13(20)8-22-19-15-11-4-3-10-5-6-17-7-12(10)14(11)18-16(15)21/h3-7,9H,8H2,1-2H3,(H,18,19,21). The molecule has 0 unspecified atom stereocenters. The van der Waals surface area contributed by atoms with Crippen molar-refractivity contribution in [1.82, 2.24) is 4.98 Å². The van der Waals surface area contributed by atoms with E-state index in [1.54, 1.807) is 32.3 Å². The molecule has 23 heavy (non-hydrogen) atoms. The number of hydrogen-bond acceptors (Lipinski definition) is 6. The van der Waals surface area contributed by atoms with Gasteiger partial charge in [-0.3, -0.25) is 9.78 Å². The Hall–Kier alpha value is -2.96. The zero-order valence-electron chi connectivity index (χ0n) is 12.7. The smallest absolute Gasteiger partial charge is 0.347 e. The maximum absolute atomic E-state index is 12.1. The van der Waals surface area contributed by atoms with Crippen molar-refractivity contribution in [2.75, 3.05) is 11.9 Å². The highest BCUT2D eigenvalue weighted by Crippen LogP contribution is 2.31. The first-order valence-electron chi connectivity index (χ1n) is 7.14. The molecule has 118 valence electrons. The highest BCUT2D eigenvalue weighted by molar-refractivity contribution is 6.54. The van der Waals surface area contributed by atoms with Crippen LogP contribution in [0.3, 0.4) is 0 Å². The molecule has 7 heteroatoms. The lowest BCUT2D eigenvalue weighted by Crippen LogP contribution is -2.18. The van der Waals surface area contributed by atoms with Crippen molar-refractivity contribution in [2.24, 2.45) is 5.16 Å². The zero-order chi connectivity index (χ0) is 16.4. The summed E-state index contributed by atoms with van der Waals surface area (Å²) in [6, 6.07) is 5.51. The van der Waals surface area contributed by atoms with Gasteiger partial charge in [0.25, 0.3) is 5.91 Å². The van der Waals surface area contributed by atoms with Crippen molar-refractivity contribution in [1.29, 1.82) is 0 Å². The van der Waals surface area contributed by atoms with Gasteiger partial charge in [0, 0.05) is 23.3 Å². The van der Waals surface area contributed by atoms with Crippen LogP contribution < -0.4 is 5.32 Å². The number of nitrogens with zero attached hydrogens (tertiary/aromatic N) is 2. The van der Waals surface area contributed by atoms with E-state index >= 15 is 0 Å². The maximum atomic E-state index is 12.1. The van der Waals surface area contributed by atoms with Crippen molar-refractivity contribution in [3.63, 3.8) is 0 Å². The number of anilines is 1. The van der Waals surface area contributed by atoms with E-state index in [4.69, 9.17) is 9.57 Å². The average molecular weight is 313 g/mol. The molecule has 2 aromatic rings. The largest absolute Gasteiger partial charge is 0.460 e. The Morgan fingerprint density at radius 3 is 2.96 bits per heavy atom. The Balaban J connectivity index is 1.83. The van der Waals surface area contributed by atoms with Crippen LogP contribution in [-0.4, -0.2) is 35.3 Å².